The van der Waals surface area contributed by atoms with Crippen LogP contribution >= 0.6 is 15.9 Å². The minimum absolute atomic E-state index is 0.0712. The van der Waals surface area contributed by atoms with Gasteiger partial charge in [-0.1, -0.05) is 15.9 Å². The molecule has 0 fully saturated rings. The van der Waals surface area contributed by atoms with Crippen LogP contribution in [0.5, 0.6) is 0 Å². The maximum atomic E-state index is 11.3. The summed E-state index contributed by atoms with van der Waals surface area (Å²) in [5, 5.41) is 3.58. The van der Waals surface area contributed by atoms with Crippen LogP contribution in [0.1, 0.15) is 27.7 Å². The monoisotopic (exact) mass is 251 g/mol. The van der Waals surface area contributed by atoms with Crippen molar-refractivity contribution in [2.24, 2.45) is 0 Å². The average Bonchev–Trinajstić information content (AvgIpc) is 2.00. The molecule has 0 aliphatic carbocycles. The van der Waals surface area contributed by atoms with Crippen LogP contribution in [-0.2, 0) is 9.53 Å². The third-order valence-corrected chi connectivity index (χ3v) is 2.76. The molecular weight excluding hydrogens is 234 g/mol. The van der Waals surface area contributed by atoms with Crippen LogP contribution in [0, 0.1) is 0 Å². The van der Waals surface area contributed by atoms with E-state index in [2.05, 4.69) is 21.2 Å². The summed E-state index contributed by atoms with van der Waals surface area (Å²) < 4.78 is 5.17. The molecule has 13 heavy (non-hydrogen) atoms. The summed E-state index contributed by atoms with van der Waals surface area (Å²) in [4.78, 5) is 11.3. The van der Waals surface area contributed by atoms with Gasteiger partial charge in [-0.3, -0.25) is 4.79 Å². The van der Waals surface area contributed by atoms with Crippen molar-refractivity contribution in [1.29, 1.82) is 0 Å². The number of carbonyl (C=O) groups is 1. The van der Waals surface area contributed by atoms with Crippen LogP contribution in [0.2, 0.25) is 0 Å². The molecular formula is C9H18BrNO2. The van der Waals surface area contributed by atoms with E-state index >= 15 is 0 Å². The minimum Gasteiger partial charge on any atom is -0.369 e. The summed E-state index contributed by atoms with van der Waals surface area (Å²) in [5.74, 6) is -0.0712. The van der Waals surface area contributed by atoms with E-state index in [4.69, 9.17) is 4.74 Å². The van der Waals surface area contributed by atoms with Crippen molar-refractivity contribution in [2.75, 3.05) is 11.9 Å². The lowest BCUT2D eigenvalue weighted by Gasteiger charge is -2.23. The average molecular weight is 252 g/mol. The molecule has 0 saturated carbocycles. The molecule has 0 saturated heterocycles. The molecule has 0 heterocycles. The SMILES string of the molecule is CC(C)OCC(=O)NC(C)(C)CBr. The maximum absolute atomic E-state index is 11.3. The highest BCUT2D eigenvalue weighted by Crippen LogP contribution is 2.05. The summed E-state index contributed by atoms with van der Waals surface area (Å²) in [5.41, 5.74) is -0.211. The van der Waals surface area contributed by atoms with E-state index in [0.29, 0.717) is 0 Å². The summed E-state index contributed by atoms with van der Waals surface area (Å²) >= 11 is 3.32. The van der Waals surface area contributed by atoms with Gasteiger partial charge in [-0.2, -0.15) is 0 Å². The highest BCUT2D eigenvalue weighted by molar-refractivity contribution is 9.09. The lowest BCUT2D eigenvalue weighted by molar-refractivity contribution is -0.128. The highest BCUT2D eigenvalue weighted by atomic mass is 79.9. The van der Waals surface area contributed by atoms with E-state index in [9.17, 15) is 4.79 Å². The fourth-order valence-electron chi connectivity index (χ4n) is 0.689. The predicted octanol–water partition coefficient (Wildman–Crippen LogP) is 1.70. The van der Waals surface area contributed by atoms with Crippen LogP contribution < -0.4 is 5.32 Å². The van der Waals surface area contributed by atoms with Gasteiger partial charge < -0.3 is 10.1 Å². The zero-order valence-corrected chi connectivity index (χ0v) is 10.3. The zero-order valence-electron chi connectivity index (χ0n) is 8.69. The molecule has 4 heteroatoms. The van der Waals surface area contributed by atoms with Gasteiger partial charge in [-0.15, -0.1) is 0 Å². The molecule has 0 unspecified atom stereocenters. The van der Waals surface area contributed by atoms with Gasteiger partial charge in [0.1, 0.15) is 6.61 Å². The summed E-state index contributed by atoms with van der Waals surface area (Å²) in [6, 6.07) is 0. The van der Waals surface area contributed by atoms with Crippen LogP contribution in [0.3, 0.4) is 0 Å². The summed E-state index contributed by atoms with van der Waals surface area (Å²) in [7, 11) is 0. The second-order valence-electron chi connectivity index (χ2n) is 3.93. The first-order chi connectivity index (χ1) is 5.87. The second kappa shape index (κ2) is 5.60. The molecule has 0 aliphatic heterocycles. The Hall–Kier alpha value is -0.0900. The number of alkyl halides is 1. The molecule has 0 aromatic carbocycles. The Labute approximate surface area is 88.4 Å². The Kier molecular flexibility index (Phi) is 5.56. The number of rotatable bonds is 5. The molecule has 0 atom stereocenters. The summed E-state index contributed by atoms with van der Waals surface area (Å²) in [6.07, 6.45) is 0.0952. The number of hydrogen-bond acceptors (Lipinski definition) is 2. The van der Waals surface area contributed by atoms with Gasteiger partial charge in [0, 0.05) is 10.9 Å². The minimum atomic E-state index is -0.211. The topological polar surface area (TPSA) is 38.3 Å². The van der Waals surface area contributed by atoms with Crippen molar-refractivity contribution in [3.8, 4) is 0 Å². The Morgan fingerprint density at radius 3 is 2.46 bits per heavy atom. The smallest absolute Gasteiger partial charge is 0.246 e. The van der Waals surface area contributed by atoms with E-state index in [1.54, 1.807) is 0 Å². The number of nitrogens with one attached hydrogen (secondary N) is 1. The predicted molar refractivity (Wildman–Crippen MR) is 57.1 cm³/mol. The highest BCUT2D eigenvalue weighted by Gasteiger charge is 2.18. The van der Waals surface area contributed by atoms with Crippen LogP contribution in [0.15, 0.2) is 0 Å². The molecule has 0 rings (SSSR count). The van der Waals surface area contributed by atoms with Gasteiger partial charge in [-0.05, 0) is 27.7 Å². The molecule has 1 N–H and O–H groups in total. The number of hydrogen-bond donors (Lipinski definition) is 1. The van der Waals surface area contributed by atoms with Gasteiger partial charge >= 0.3 is 0 Å². The Morgan fingerprint density at radius 2 is 2.08 bits per heavy atom. The molecule has 0 bridgehead atoms. The van der Waals surface area contributed by atoms with Crippen molar-refractivity contribution in [3.63, 3.8) is 0 Å². The van der Waals surface area contributed by atoms with Crippen molar-refractivity contribution >= 4 is 21.8 Å². The zero-order chi connectivity index (χ0) is 10.5. The normalized spacial score (nSPS) is 11.8. The third kappa shape index (κ3) is 7.02. The third-order valence-electron chi connectivity index (χ3n) is 1.36. The summed E-state index contributed by atoms with van der Waals surface area (Å²) in [6.45, 7) is 7.85. The first kappa shape index (κ1) is 12.9. The van der Waals surface area contributed by atoms with Gasteiger partial charge in [0.05, 0.1) is 6.10 Å². The quantitative estimate of drug-likeness (QED) is 0.756. The van der Waals surface area contributed by atoms with E-state index in [-0.39, 0.29) is 24.2 Å². The fraction of sp³-hybridized carbons (Fsp3) is 0.889. The Balaban J connectivity index is 3.74. The van der Waals surface area contributed by atoms with Crippen LogP contribution in [-0.4, -0.2) is 29.5 Å². The number of carbonyl (C=O) groups excluding carboxylic acids is 1. The van der Waals surface area contributed by atoms with Crippen LogP contribution in [0.4, 0.5) is 0 Å². The van der Waals surface area contributed by atoms with Crippen molar-refractivity contribution in [3.05, 3.63) is 0 Å². The Morgan fingerprint density at radius 1 is 1.54 bits per heavy atom. The van der Waals surface area contributed by atoms with Crippen molar-refractivity contribution < 1.29 is 9.53 Å². The Bertz CT molecular complexity index is 169. The van der Waals surface area contributed by atoms with Crippen LogP contribution in [0.25, 0.3) is 0 Å². The van der Waals surface area contributed by atoms with Crippen molar-refractivity contribution in [1.82, 2.24) is 5.32 Å². The molecule has 0 aromatic heterocycles. The number of amides is 1. The maximum Gasteiger partial charge on any atom is 0.246 e. The lowest BCUT2D eigenvalue weighted by atomic mass is 10.1. The standard InChI is InChI=1S/C9H18BrNO2/c1-7(2)13-5-8(12)11-9(3,4)6-10/h7H,5-6H2,1-4H3,(H,11,12). The van der Waals surface area contributed by atoms with E-state index < -0.39 is 0 Å². The fourth-order valence-corrected chi connectivity index (χ4v) is 0.829. The number of ether oxygens (including phenoxy) is 1. The van der Waals surface area contributed by atoms with Gasteiger partial charge in [0.15, 0.2) is 0 Å². The lowest BCUT2D eigenvalue weighted by Crippen LogP contribution is -2.46. The van der Waals surface area contributed by atoms with E-state index in [1.165, 1.54) is 0 Å². The van der Waals surface area contributed by atoms with Gasteiger partial charge in [-0.25, -0.2) is 0 Å². The van der Waals surface area contributed by atoms with E-state index in [1.807, 2.05) is 27.7 Å². The molecule has 1 amide bonds. The largest absolute Gasteiger partial charge is 0.369 e. The van der Waals surface area contributed by atoms with E-state index in [0.717, 1.165) is 5.33 Å². The molecule has 0 spiro atoms. The number of halogens is 1. The van der Waals surface area contributed by atoms with Gasteiger partial charge in [0.25, 0.3) is 0 Å². The molecule has 0 aliphatic rings. The molecule has 0 radical (unpaired) electrons. The molecule has 78 valence electrons. The molecule has 0 aromatic rings. The van der Waals surface area contributed by atoms with Gasteiger partial charge in [0.2, 0.25) is 5.91 Å². The first-order valence-corrected chi connectivity index (χ1v) is 5.48. The first-order valence-electron chi connectivity index (χ1n) is 4.36. The second-order valence-corrected chi connectivity index (χ2v) is 4.49. The molecule has 3 nitrogen and oxygen atoms in total. The van der Waals surface area contributed by atoms with Crippen molar-refractivity contribution in [2.45, 2.75) is 39.3 Å².